The number of rotatable bonds is 5. The molecule has 158 valence electrons. The summed E-state index contributed by atoms with van der Waals surface area (Å²) in [5, 5.41) is 5.52. The maximum absolute atomic E-state index is 12.5. The molecule has 0 spiro atoms. The third kappa shape index (κ3) is 5.37. The third-order valence-corrected chi connectivity index (χ3v) is 5.28. The smallest absolute Gasteiger partial charge is 0.313 e. The highest BCUT2D eigenvalue weighted by Crippen LogP contribution is 2.16. The van der Waals surface area contributed by atoms with Crippen molar-refractivity contribution in [1.29, 1.82) is 0 Å². The van der Waals surface area contributed by atoms with E-state index >= 15 is 0 Å². The zero-order valence-corrected chi connectivity index (χ0v) is 17.4. The van der Waals surface area contributed by atoms with Gasteiger partial charge in [-0.25, -0.2) is 0 Å². The number of amides is 3. The molecule has 3 rings (SSSR count). The monoisotopic (exact) mass is 408 g/mol. The Hall–Kier alpha value is -3.35. The minimum Gasteiger partial charge on any atom is -0.368 e. The molecule has 7 nitrogen and oxygen atoms in total. The molecule has 30 heavy (non-hydrogen) atoms. The van der Waals surface area contributed by atoms with Gasteiger partial charge in [-0.05, 0) is 49.7 Å². The molecule has 0 bridgehead atoms. The van der Waals surface area contributed by atoms with Crippen molar-refractivity contribution < 1.29 is 14.4 Å². The molecule has 1 atom stereocenters. The Labute approximate surface area is 177 Å². The van der Waals surface area contributed by atoms with Gasteiger partial charge in [-0.15, -0.1) is 0 Å². The molecule has 7 heteroatoms. The summed E-state index contributed by atoms with van der Waals surface area (Å²) in [5.41, 5.74) is 2.11. The minimum atomic E-state index is -0.667. The zero-order valence-electron chi connectivity index (χ0n) is 17.4. The highest BCUT2D eigenvalue weighted by molar-refractivity contribution is 6.39. The van der Waals surface area contributed by atoms with Gasteiger partial charge in [0.05, 0.1) is 0 Å². The van der Waals surface area contributed by atoms with Crippen molar-refractivity contribution in [2.24, 2.45) is 0 Å². The van der Waals surface area contributed by atoms with E-state index in [9.17, 15) is 14.4 Å². The number of carbonyl (C=O) groups is 3. The van der Waals surface area contributed by atoms with Crippen molar-refractivity contribution >= 4 is 29.1 Å². The fourth-order valence-corrected chi connectivity index (χ4v) is 3.25. The summed E-state index contributed by atoms with van der Waals surface area (Å²) in [4.78, 5) is 40.8. The predicted octanol–water partition coefficient (Wildman–Crippen LogP) is 2.50. The highest BCUT2D eigenvalue weighted by atomic mass is 16.2. The van der Waals surface area contributed by atoms with Gasteiger partial charge >= 0.3 is 11.8 Å². The van der Waals surface area contributed by atoms with Crippen LogP contribution < -0.4 is 15.5 Å². The Balaban J connectivity index is 1.51. The van der Waals surface area contributed by atoms with E-state index in [1.54, 1.807) is 29.2 Å². The molecule has 1 aliphatic rings. The number of piperazine rings is 1. The van der Waals surface area contributed by atoms with Gasteiger partial charge in [0.15, 0.2) is 0 Å². The number of anilines is 2. The summed E-state index contributed by atoms with van der Waals surface area (Å²) in [6, 6.07) is 16.6. The van der Waals surface area contributed by atoms with Crippen molar-refractivity contribution in [2.75, 3.05) is 36.4 Å². The van der Waals surface area contributed by atoms with Crippen LogP contribution in [0.4, 0.5) is 11.4 Å². The fraction of sp³-hybridized carbons (Fsp3) is 0.348. The predicted molar refractivity (Wildman–Crippen MR) is 118 cm³/mol. The number of nitrogens with one attached hydrogen (secondary N) is 2. The molecular formula is C23H28N4O3. The lowest BCUT2D eigenvalue weighted by Gasteiger charge is -2.35. The van der Waals surface area contributed by atoms with E-state index in [0.717, 1.165) is 12.1 Å². The first-order chi connectivity index (χ1) is 14.5. The lowest BCUT2D eigenvalue weighted by atomic mass is 10.1. The molecular weight excluding hydrogens is 380 g/mol. The van der Waals surface area contributed by atoms with Crippen molar-refractivity contribution in [2.45, 2.75) is 26.3 Å². The molecule has 2 aromatic rings. The molecule has 1 aliphatic heterocycles. The van der Waals surface area contributed by atoms with E-state index in [-0.39, 0.29) is 11.9 Å². The normalized spacial score (nSPS) is 14.7. The Morgan fingerprint density at radius 3 is 2.17 bits per heavy atom. The summed E-state index contributed by atoms with van der Waals surface area (Å²) in [6.07, 6.45) is 0.849. The van der Waals surface area contributed by atoms with Gasteiger partial charge in [0.1, 0.15) is 0 Å². The molecule has 1 saturated heterocycles. The highest BCUT2D eigenvalue weighted by Gasteiger charge is 2.26. The Bertz CT molecular complexity index is 875. The molecule has 3 amide bonds. The van der Waals surface area contributed by atoms with Crippen LogP contribution in [0, 0.1) is 0 Å². The lowest BCUT2D eigenvalue weighted by molar-refractivity contribution is -0.143. The molecule has 0 saturated carbocycles. The summed E-state index contributed by atoms with van der Waals surface area (Å²) in [7, 11) is 0. The van der Waals surface area contributed by atoms with Crippen LogP contribution in [0.15, 0.2) is 54.6 Å². The van der Waals surface area contributed by atoms with E-state index in [1.807, 2.05) is 44.2 Å². The van der Waals surface area contributed by atoms with Crippen molar-refractivity contribution in [3.8, 4) is 0 Å². The maximum Gasteiger partial charge on any atom is 0.313 e. The van der Waals surface area contributed by atoms with E-state index in [1.165, 1.54) is 0 Å². The number of nitrogens with zero attached hydrogens (tertiary/aromatic N) is 2. The van der Waals surface area contributed by atoms with Gasteiger partial charge in [0.25, 0.3) is 5.91 Å². The van der Waals surface area contributed by atoms with Crippen LogP contribution in [0.2, 0.25) is 0 Å². The first-order valence-corrected chi connectivity index (χ1v) is 10.3. The Morgan fingerprint density at radius 1 is 0.933 bits per heavy atom. The van der Waals surface area contributed by atoms with Crippen LogP contribution in [-0.2, 0) is 9.59 Å². The Kier molecular flexibility index (Phi) is 7.06. The van der Waals surface area contributed by atoms with Gasteiger partial charge < -0.3 is 20.4 Å². The number of benzene rings is 2. The van der Waals surface area contributed by atoms with Crippen molar-refractivity contribution in [3.05, 3.63) is 60.2 Å². The fourth-order valence-electron chi connectivity index (χ4n) is 3.25. The summed E-state index contributed by atoms with van der Waals surface area (Å²) < 4.78 is 0. The molecule has 2 N–H and O–H groups in total. The van der Waals surface area contributed by atoms with E-state index in [4.69, 9.17) is 0 Å². The van der Waals surface area contributed by atoms with Crippen LogP contribution in [0.3, 0.4) is 0 Å². The van der Waals surface area contributed by atoms with Crippen LogP contribution in [-0.4, -0.2) is 54.8 Å². The topological polar surface area (TPSA) is 81.8 Å². The van der Waals surface area contributed by atoms with Gasteiger partial charge in [-0.1, -0.05) is 25.1 Å². The summed E-state index contributed by atoms with van der Waals surface area (Å²) in [5.74, 6) is -1.36. The quantitative estimate of drug-likeness (QED) is 0.745. The molecule has 0 radical (unpaired) electrons. The molecule has 1 unspecified atom stereocenters. The number of para-hydroxylation sites is 1. The number of hydrogen-bond acceptors (Lipinski definition) is 4. The van der Waals surface area contributed by atoms with E-state index in [0.29, 0.717) is 37.4 Å². The van der Waals surface area contributed by atoms with Crippen LogP contribution in [0.25, 0.3) is 0 Å². The molecule has 0 aliphatic carbocycles. The van der Waals surface area contributed by atoms with Gasteiger partial charge in [-0.3, -0.25) is 14.4 Å². The zero-order chi connectivity index (χ0) is 21.5. The van der Waals surface area contributed by atoms with Crippen molar-refractivity contribution in [1.82, 2.24) is 10.2 Å². The molecule has 0 aromatic heterocycles. The maximum atomic E-state index is 12.5. The van der Waals surface area contributed by atoms with Gasteiger partial charge in [0, 0.05) is 49.2 Å². The first kappa shape index (κ1) is 21.4. The average molecular weight is 409 g/mol. The van der Waals surface area contributed by atoms with E-state index < -0.39 is 11.8 Å². The first-order valence-electron chi connectivity index (χ1n) is 10.3. The van der Waals surface area contributed by atoms with Crippen molar-refractivity contribution in [3.63, 3.8) is 0 Å². The van der Waals surface area contributed by atoms with Crippen LogP contribution in [0.1, 0.15) is 30.6 Å². The second kappa shape index (κ2) is 9.91. The van der Waals surface area contributed by atoms with Gasteiger partial charge in [-0.2, -0.15) is 0 Å². The van der Waals surface area contributed by atoms with Crippen LogP contribution >= 0.6 is 0 Å². The third-order valence-electron chi connectivity index (χ3n) is 5.28. The van der Waals surface area contributed by atoms with Gasteiger partial charge in [0.2, 0.25) is 0 Å². The SMILES string of the molecule is CCC(C)NC(=O)c1ccc(NC(=O)C(=O)N2CCN(c3ccccc3)CC2)cc1. The van der Waals surface area contributed by atoms with E-state index in [2.05, 4.69) is 15.5 Å². The molecule has 1 fully saturated rings. The average Bonchev–Trinajstić information content (AvgIpc) is 2.79. The lowest BCUT2D eigenvalue weighted by Crippen LogP contribution is -2.51. The Morgan fingerprint density at radius 2 is 1.57 bits per heavy atom. The minimum absolute atomic E-state index is 0.0943. The summed E-state index contributed by atoms with van der Waals surface area (Å²) >= 11 is 0. The second-order valence-electron chi connectivity index (χ2n) is 7.43. The standard InChI is InChI=1S/C23H28N4O3/c1-3-17(2)24-21(28)18-9-11-19(12-10-18)25-22(29)23(30)27-15-13-26(14-16-27)20-7-5-4-6-8-20/h4-12,17H,3,13-16H2,1-2H3,(H,24,28)(H,25,29). The molecule has 1 heterocycles. The summed E-state index contributed by atoms with van der Waals surface area (Å²) in [6.45, 7) is 6.30. The largest absolute Gasteiger partial charge is 0.368 e. The number of carbonyl (C=O) groups excluding carboxylic acids is 3. The number of hydrogen-bond donors (Lipinski definition) is 2. The van der Waals surface area contributed by atoms with Crippen LogP contribution in [0.5, 0.6) is 0 Å². The molecule has 2 aromatic carbocycles. The second-order valence-corrected chi connectivity index (χ2v) is 7.43.